The second kappa shape index (κ2) is 9.58. The number of para-hydroxylation sites is 1. The molecule has 1 saturated heterocycles. The quantitative estimate of drug-likeness (QED) is 0.610. The molecule has 0 spiro atoms. The molecular weight excluding hydrogens is 438 g/mol. The Balaban J connectivity index is 1.66. The highest BCUT2D eigenvalue weighted by Gasteiger charge is 2.29. The number of halogens is 1. The van der Waals surface area contributed by atoms with Gasteiger partial charge in [0.15, 0.2) is 0 Å². The minimum absolute atomic E-state index is 0.0479. The van der Waals surface area contributed by atoms with Crippen LogP contribution < -0.4 is 11.1 Å². The van der Waals surface area contributed by atoms with E-state index in [0.717, 1.165) is 40.0 Å². The van der Waals surface area contributed by atoms with E-state index in [2.05, 4.69) is 26.1 Å². The Morgan fingerprint density at radius 1 is 1.25 bits per heavy atom. The number of likely N-dealkylation sites (tertiary alicyclic amines) is 1. The summed E-state index contributed by atoms with van der Waals surface area (Å²) in [6.45, 7) is 3.33. The van der Waals surface area contributed by atoms with E-state index in [1.807, 2.05) is 55.5 Å². The van der Waals surface area contributed by atoms with E-state index in [0.29, 0.717) is 6.54 Å². The molecule has 2 unspecified atom stereocenters. The second-order valence-corrected chi connectivity index (χ2v) is 9.22. The third kappa shape index (κ3) is 5.37. The summed E-state index contributed by atoms with van der Waals surface area (Å²) in [6.07, 6.45) is 1.76. The van der Waals surface area contributed by atoms with Crippen molar-refractivity contribution >= 4 is 45.2 Å². The number of amides is 2. The van der Waals surface area contributed by atoms with Crippen LogP contribution in [0.5, 0.6) is 0 Å². The van der Waals surface area contributed by atoms with Crippen LogP contribution >= 0.6 is 27.7 Å². The average Bonchev–Trinajstić information content (AvgIpc) is 3.13. The Labute approximate surface area is 178 Å². The number of carbonyl (C=O) groups is 2. The van der Waals surface area contributed by atoms with Crippen LogP contribution in [0.2, 0.25) is 0 Å². The predicted molar refractivity (Wildman–Crippen MR) is 117 cm³/mol. The topological polar surface area (TPSA) is 75.4 Å². The molecule has 7 heteroatoms. The van der Waals surface area contributed by atoms with Crippen LogP contribution in [0.1, 0.15) is 25.3 Å². The number of hydrogen-bond donors (Lipinski definition) is 2. The highest BCUT2D eigenvalue weighted by Crippen LogP contribution is 2.27. The smallest absolute Gasteiger partial charge is 0.237 e. The third-order valence-corrected chi connectivity index (χ3v) is 6.48. The Hall–Kier alpha value is -1.83. The van der Waals surface area contributed by atoms with Crippen LogP contribution in [0, 0.1) is 0 Å². The lowest BCUT2D eigenvalue weighted by molar-refractivity contribution is -0.122. The van der Waals surface area contributed by atoms with E-state index >= 15 is 0 Å². The molecule has 2 aromatic carbocycles. The van der Waals surface area contributed by atoms with Crippen molar-refractivity contribution in [3.05, 3.63) is 58.6 Å². The summed E-state index contributed by atoms with van der Waals surface area (Å²) in [5.41, 5.74) is 7.30. The first-order valence-corrected chi connectivity index (χ1v) is 11.0. The summed E-state index contributed by atoms with van der Waals surface area (Å²) in [6, 6.07) is 15.4. The Morgan fingerprint density at radius 3 is 2.68 bits per heavy atom. The predicted octanol–water partition coefficient (Wildman–Crippen LogP) is 4.02. The van der Waals surface area contributed by atoms with Gasteiger partial charge in [-0.25, -0.2) is 0 Å². The number of primary amides is 1. The lowest BCUT2D eigenvalue weighted by Gasteiger charge is -2.23. The fourth-order valence-corrected chi connectivity index (χ4v) is 4.47. The van der Waals surface area contributed by atoms with Gasteiger partial charge in [0.2, 0.25) is 11.8 Å². The van der Waals surface area contributed by atoms with Crippen molar-refractivity contribution in [1.82, 2.24) is 4.90 Å². The van der Waals surface area contributed by atoms with Gasteiger partial charge in [-0.05, 0) is 62.2 Å². The largest absolute Gasteiger partial charge is 0.368 e. The fourth-order valence-electron chi connectivity index (χ4n) is 3.34. The normalized spacial score (nSPS) is 18.0. The van der Waals surface area contributed by atoms with Gasteiger partial charge in [-0.1, -0.05) is 34.1 Å². The van der Waals surface area contributed by atoms with Gasteiger partial charge in [-0.2, -0.15) is 0 Å². The van der Waals surface area contributed by atoms with E-state index in [1.54, 1.807) is 0 Å². The molecule has 148 valence electrons. The van der Waals surface area contributed by atoms with Crippen molar-refractivity contribution in [2.75, 3.05) is 11.9 Å². The first kappa shape index (κ1) is 20.9. The number of rotatable bonds is 7. The van der Waals surface area contributed by atoms with Crippen molar-refractivity contribution in [1.29, 1.82) is 0 Å². The zero-order valence-corrected chi connectivity index (χ0v) is 18.1. The molecule has 0 bridgehead atoms. The van der Waals surface area contributed by atoms with Gasteiger partial charge in [-0.3, -0.25) is 14.5 Å². The van der Waals surface area contributed by atoms with Crippen molar-refractivity contribution in [2.45, 2.75) is 42.5 Å². The lowest BCUT2D eigenvalue weighted by atomic mass is 10.1. The molecule has 2 atom stereocenters. The zero-order chi connectivity index (χ0) is 20.1. The number of nitrogens with two attached hydrogens (primary N) is 1. The summed E-state index contributed by atoms with van der Waals surface area (Å²) >= 11 is 4.94. The molecule has 3 rings (SSSR count). The van der Waals surface area contributed by atoms with Gasteiger partial charge in [0.1, 0.15) is 0 Å². The molecule has 0 radical (unpaired) electrons. The van der Waals surface area contributed by atoms with Crippen molar-refractivity contribution < 1.29 is 9.59 Å². The van der Waals surface area contributed by atoms with Gasteiger partial charge >= 0.3 is 0 Å². The fraction of sp³-hybridized carbons (Fsp3) is 0.333. The van der Waals surface area contributed by atoms with E-state index in [4.69, 9.17) is 5.73 Å². The molecule has 3 N–H and O–H groups in total. The van der Waals surface area contributed by atoms with Crippen molar-refractivity contribution in [2.24, 2.45) is 5.73 Å². The van der Waals surface area contributed by atoms with Crippen molar-refractivity contribution in [3.8, 4) is 0 Å². The van der Waals surface area contributed by atoms with Crippen LogP contribution in [-0.4, -0.2) is 34.6 Å². The Bertz CT molecular complexity index is 844. The van der Waals surface area contributed by atoms with Crippen LogP contribution in [-0.2, 0) is 16.1 Å². The van der Waals surface area contributed by atoms with Crippen LogP contribution in [0.25, 0.3) is 0 Å². The Morgan fingerprint density at radius 2 is 1.96 bits per heavy atom. The first-order valence-electron chi connectivity index (χ1n) is 9.28. The molecule has 2 aromatic rings. The molecule has 1 fully saturated rings. The summed E-state index contributed by atoms with van der Waals surface area (Å²) in [7, 11) is 0. The monoisotopic (exact) mass is 461 g/mol. The maximum Gasteiger partial charge on any atom is 0.237 e. The minimum atomic E-state index is -0.279. The first-order chi connectivity index (χ1) is 13.4. The maximum absolute atomic E-state index is 12.7. The number of nitrogens with one attached hydrogen (secondary N) is 1. The number of thioether (sulfide) groups is 1. The van der Waals surface area contributed by atoms with Crippen molar-refractivity contribution in [3.63, 3.8) is 0 Å². The SMILES string of the molecule is CC(Sc1ccc(Br)cc1)C(=O)Nc1ccccc1CN1CCCC1C(N)=O. The van der Waals surface area contributed by atoms with Gasteiger partial charge in [0.25, 0.3) is 0 Å². The molecule has 2 amide bonds. The van der Waals surface area contributed by atoms with E-state index in [1.165, 1.54) is 11.8 Å². The summed E-state index contributed by atoms with van der Waals surface area (Å²) in [4.78, 5) is 27.5. The Kier molecular flexibility index (Phi) is 7.15. The summed E-state index contributed by atoms with van der Waals surface area (Å²) in [5, 5.41) is 2.81. The molecule has 0 saturated carbocycles. The third-order valence-electron chi connectivity index (χ3n) is 4.84. The number of carbonyl (C=O) groups excluding carboxylic acids is 2. The molecular formula is C21H24BrN3O2S. The summed E-state index contributed by atoms with van der Waals surface area (Å²) < 4.78 is 1.01. The molecule has 1 aliphatic heterocycles. The minimum Gasteiger partial charge on any atom is -0.368 e. The van der Waals surface area contributed by atoms with E-state index in [-0.39, 0.29) is 23.1 Å². The summed E-state index contributed by atoms with van der Waals surface area (Å²) in [5.74, 6) is -0.327. The van der Waals surface area contributed by atoms with Crippen LogP contribution in [0.3, 0.4) is 0 Å². The highest BCUT2D eigenvalue weighted by molar-refractivity contribution is 9.10. The number of anilines is 1. The van der Waals surface area contributed by atoms with E-state index < -0.39 is 0 Å². The van der Waals surface area contributed by atoms with Crippen LogP contribution in [0.4, 0.5) is 5.69 Å². The molecule has 0 aliphatic carbocycles. The number of hydrogen-bond acceptors (Lipinski definition) is 4. The molecule has 1 heterocycles. The molecule has 28 heavy (non-hydrogen) atoms. The lowest BCUT2D eigenvalue weighted by Crippen LogP contribution is -2.39. The zero-order valence-electron chi connectivity index (χ0n) is 15.7. The second-order valence-electron chi connectivity index (χ2n) is 6.89. The van der Waals surface area contributed by atoms with E-state index in [9.17, 15) is 9.59 Å². The molecule has 5 nitrogen and oxygen atoms in total. The number of nitrogens with zero attached hydrogens (tertiary/aromatic N) is 1. The maximum atomic E-state index is 12.7. The van der Waals surface area contributed by atoms with Crippen LogP contribution in [0.15, 0.2) is 57.9 Å². The molecule has 1 aliphatic rings. The highest BCUT2D eigenvalue weighted by atomic mass is 79.9. The standard InChI is InChI=1S/C21H24BrN3O2S/c1-14(28-17-10-8-16(22)9-11-17)21(27)24-18-6-3-2-5-15(18)13-25-12-4-7-19(25)20(23)26/h2-3,5-6,8-11,14,19H,4,7,12-13H2,1H3,(H2,23,26)(H,24,27). The average molecular weight is 462 g/mol. The van der Waals surface area contributed by atoms with Gasteiger partial charge < -0.3 is 11.1 Å². The number of benzene rings is 2. The molecule has 0 aromatic heterocycles. The van der Waals surface area contributed by atoms with Gasteiger partial charge in [-0.15, -0.1) is 11.8 Å². The van der Waals surface area contributed by atoms with Gasteiger partial charge in [0.05, 0.1) is 11.3 Å². The van der Waals surface area contributed by atoms with Gasteiger partial charge in [0, 0.05) is 21.6 Å².